The molecule has 0 saturated heterocycles. The van der Waals surface area contributed by atoms with Gasteiger partial charge in [0.25, 0.3) is 0 Å². The second kappa shape index (κ2) is 9.03. The Bertz CT molecular complexity index is 1180. The predicted molar refractivity (Wildman–Crippen MR) is 133 cm³/mol. The Kier molecular flexibility index (Phi) is 6.56. The lowest BCUT2D eigenvalue weighted by atomic mass is 9.48. The van der Waals surface area contributed by atoms with Gasteiger partial charge in [-0.1, -0.05) is 38.6 Å². The first-order chi connectivity index (χ1) is 17.5. The number of carbonyl (C=O) groups is 2. The summed E-state index contributed by atoms with van der Waals surface area (Å²) in [6, 6.07) is 1.31. The Labute approximate surface area is 222 Å². The third-order valence-electron chi connectivity index (χ3n) is 9.96. The highest BCUT2D eigenvalue weighted by molar-refractivity contribution is 8.14. The number of benzene rings is 1. The van der Waals surface area contributed by atoms with Gasteiger partial charge in [-0.3, -0.25) is 9.59 Å². The van der Waals surface area contributed by atoms with E-state index in [1.165, 1.54) is 11.8 Å². The monoisotopic (exact) mass is 559 g/mol. The van der Waals surface area contributed by atoms with Gasteiger partial charge >= 0.3 is 12.4 Å². The molecule has 1 aromatic carbocycles. The molecule has 208 valence electrons. The number of allylic oxidation sites excluding steroid dienone is 1. The second-order valence-electron chi connectivity index (χ2n) is 12.2. The standard InChI is InChI=1S/C28H31F6NO2S/c1-14-10-21-26(3,9-7-22(36)38-21)17-6-8-25(2)13-15(11-19(25)23(14)17)24(37)35-20-5-4-16(27(29,30)31)12-18(20)28(32,33)34/h4-5,7,9,12,14-15,17,19,21,23H,6,8,10-11,13H2,1-3H3,(H,35,37)/t14?,15-,17-,19-,21+,23+,25+,26+/m0/s1. The van der Waals surface area contributed by atoms with Crippen LogP contribution in [-0.2, 0) is 21.9 Å². The highest BCUT2D eigenvalue weighted by Crippen LogP contribution is 2.67. The van der Waals surface area contributed by atoms with E-state index in [2.05, 4.69) is 32.2 Å². The van der Waals surface area contributed by atoms with E-state index in [1.807, 2.05) is 0 Å². The van der Waals surface area contributed by atoms with Crippen LogP contribution in [0.3, 0.4) is 0 Å². The van der Waals surface area contributed by atoms with Gasteiger partial charge in [-0.25, -0.2) is 0 Å². The number of hydrogen-bond acceptors (Lipinski definition) is 3. The summed E-state index contributed by atoms with van der Waals surface area (Å²) in [6.45, 7) is 6.59. The molecule has 0 bridgehead atoms. The van der Waals surface area contributed by atoms with E-state index < -0.39 is 41.0 Å². The number of halogens is 6. The molecule has 3 saturated carbocycles. The maximum Gasteiger partial charge on any atom is 0.418 e. The molecule has 1 amide bonds. The van der Waals surface area contributed by atoms with Crippen LogP contribution in [0.2, 0.25) is 0 Å². The lowest BCUT2D eigenvalue weighted by Gasteiger charge is -2.60. The predicted octanol–water partition coefficient (Wildman–Crippen LogP) is 7.97. The van der Waals surface area contributed by atoms with E-state index in [-0.39, 0.29) is 33.2 Å². The van der Waals surface area contributed by atoms with E-state index in [1.54, 1.807) is 6.08 Å². The van der Waals surface area contributed by atoms with Crippen molar-refractivity contribution in [2.45, 2.75) is 70.5 Å². The van der Waals surface area contributed by atoms with E-state index in [4.69, 9.17) is 0 Å². The van der Waals surface area contributed by atoms with Crippen LogP contribution in [0.4, 0.5) is 32.0 Å². The zero-order valence-electron chi connectivity index (χ0n) is 21.4. The molecule has 1 aromatic rings. The summed E-state index contributed by atoms with van der Waals surface area (Å²) in [5.74, 6) is 0.109. The number of alkyl halides is 6. The first kappa shape index (κ1) is 27.6. The number of thioether (sulfide) groups is 1. The molecular weight excluding hydrogens is 528 g/mol. The topological polar surface area (TPSA) is 46.2 Å². The van der Waals surface area contributed by atoms with Crippen molar-refractivity contribution in [2.75, 3.05) is 5.32 Å². The second-order valence-corrected chi connectivity index (χ2v) is 13.4. The quantitative estimate of drug-likeness (QED) is 0.374. The fourth-order valence-corrected chi connectivity index (χ4v) is 9.43. The van der Waals surface area contributed by atoms with Crippen LogP contribution in [-0.4, -0.2) is 16.3 Å². The van der Waals surface area contributed by atoms with Gasteiger partial charge in [-0.15, -0.1) is 0 Å². The number of hydrogen-bond donors (Lipinski definition) is 1. The Morgan fingerprint density at radius 2 is 1.76 bits per heavy atom. The number of nitrogens with one attached hydrogen (secondary N) is 1. The normalized spacial score (nSPS) is 38.8. The van der Waals surface area contributed by atoms with Crippen molar-refractivity contribution in [1.82, 2.24) is 0 Å². The van der Waals surface area contributed by atoms with Gasteiger partial charge < -0.3 is 5.32 Å². The summed E-state index contributed by atoms with van der Waals surface area (Å²) in [5.41, 5.74) is -3.83. The van der Waals surface area contributed by atoms with Gasteiger partial charge in [-0.2, -0.15) is 26.3 Å². The lowest BCUT2D eigenvalue weighted by Crippen LogP contribution is -2.55. The molecule has 0 spiro atoms. The van der Waals surface area contributed by atoms with Gasteiger partial charge in [-0.05, 0) is 85.5 Å². The van der Waals surface area contributed by atoms with Crippen molar-refractivity contribution in [3.8, 4) is 0 Å². The maximum atomic E-state index is 13.6. The number of anilines is 1. The summed E-state index contributed by atoms with van der Waals surface area (Å²) in [6.07, 6.45) is -2.43. The molecule has 3 nitrogen and oxygen atoms in total. The zero-order chi connectivity index (χ0) is 27.8. The van der Waals surface area contributed by atoms with Crippen LogP contribution in [0.15, 0.2) is 30.4 Å². The molecule has 3 aliphatic carbocycles. The number of amides is 1. The summed E-state index contributed by atoms with van der Waals surface area (Å²) >= 11 is 1.41. The molecule has 4 aliphatic rings. The van der Waals surface area contributed by atoms with Crippen molar-refractivity contribution in [3.63, 3.8) is 0 Å². The third kappa shape index (κ3) is 4.58. The Morgan fingerprint density at radius 1 is 1.05 bits per heavy atom. The van der Waals surface area contributed by atoms with Crippen molar-refractivity contribution >= 4 is 28.5 Å². The summed E-state index contributed by atoms with van der Waals surface area (Å²) < 4.78 is 80.0. The zero-order valence-corrected chi connectivity index (χ0v) is 22.2. The highest BCUT2D eigenvalue weighted by atomic mass is 32.2. The number of carbonyl (C=O) groups excluding carboxylic acids is 2. The minimum absolute atomic E-state index is 0.0528. The molecule has 1 N–H and O–H groups in total. The molecule has 0 aromatic heterocycles. The summed E-state index contributed by atoms with van der Waals surface area (Å²) in [5, 5.41) is 2.62. The number of rotatable bonds is 2. The van der Waals surface area contributed by atoms with E-state index in [0.717, 1.165) is 19.3 Å². The van der Waals surface area contributed by atoms with Gasteiger partial charge in [0, 0.05) is 16.6 Å². The van der Waals surface area contributed by atoms with Crippen LogP contribution in [0, 0.1) is 40.4 Å². The van der Waals surface area contributed by atoms with Crippen LogP contribution < -0.4 is 5.32 Å². The van der Waals surface area contributed by atoms with Gasteiger partial charge in [0.2, 0.25) is 11.0 Å². The average Bonchev–Trinajstić information content (AvgIpc) is 3.17. The third-order valence-corrected chi connectivity index (χ3v) is 11.3. The Balaban J connectivity index is 1.39. The van der Waals surface area contributed by atoms with Gasteiger partial charge in [0.1, 0.15) is 0 Å². The minimum Gasteiger partial charge on any atom is -0.325 e. The SMILES string of the molecule is CC1C[C@H]2SC(=O)C=C[C@]2(C)[C@H]2CC[C@]3(C)C[C@@H](C(=O)Nc4ccc(C(F)(F)F)cc4C(F)(F)F)C[C@H]3[C@H]12. The molecule has 1 unspecified atom stereocenters. The molecule has 5 rings (SSSR count). The Morgan fingerprint density at radius 3 is 2.42 bits per heavy atom. The van der Waals surface area contributed by atoms with Gasteiger partial charge in [0.05, 0.1) is 16.8 Å². The van der Waals surface area contributed by atoms with Crippen LogP contribution in [0.5, 0.6) is 0 Å². The highest BCUT2D eigenvalue weighted by Gasteiger charge is 2.61. The summed E-state index contributed by atoms with van der Waals surface area (Å²) in [4.78, 5) is 25.4. The van der Waals surface area contributed by atoms with Crippen molar-refractivity contribution in [2.24, 2.45) is 40.4 Å². The maximum absolute atomic E-state index is 13.6. The molecule has 3 fully saturated rings. The molecule has 1 heterocycles. The van der Waals surface area contributed by atoms with E-state index >= 15 is 0 Å². The summed E-state index contributed by atoms with van der Waals surface area (Å²) in [7, 11) is 0. The molecule has 10 heteroatoms. The fourth-order valence-electron chi connectivity index (χ4n) is 8.09. The van der Waals surface area contributed by atoms with Crippen LogP contribution >= 0.6 is 11.8 Å². The minimum atomic E-state index is -5.05. The molecule has 1 aliphatic heterocycles. The van der Waals surface area contributed by atoms with Crippen molar-refractivity contribution in [3.05, 3.63) is 41.5 Å². The smallest absolute Gasteiger partial charge is 0.325 e. The van der Waals surface area contributed by atoms with Crippen molar-refractivity contribution < 1.29 is 35.9 Å². The first-order valence-corrected chi connectivity index (χ1v) is 13.9. The largest absolute Gasteiger partial charge is 0.418 e. The molecule has 8 atom stereocenters. The Hall–Kier alpha value is -1.97. The van der Waals surface area contributed by atoms with Crippen LogP contribution in [0.1, 0.15) is 64.0 Å². The molecule has 38 heavy (non-hydrogen) atoms. The molecule has 0 radical (unpaired) electrons. The molecular formula is C28H31F6NO2S. The fraction of sp³-hybridized carbons (Fsp3) is 0.643. The van der Waals surface area contributed by atoms with Gasteiger partial charge in [0.15, 0.2) is 0 Å². The number of fused-ring (bicyclic) bond motifs is 5. The lowest BCUT2D eigenvalue weighted by molar-refractivity contribution is -0.142. The first-order valence-electron chi connectivity index (χ1n) is 13.0. The van der Waals surface area contributed by atoms with Crippen molar-refractivity contribution in [1.29, 1.82) is 0 Å². The van der Waals surface area contributed by atoms with Crippen LogP contribution in [0.25, 0.3) is 0 Å². The van der Waals surface area contributed by atoms with E-state index in [0.29, 0.717) is 42.7 Å². The average molecular weight is 560 g/mol. The van der Waals surface area contributed by atoms with E-state index in [9.17, 15) is 35.9 Å².